The van der Waals surface area contributed by atoms with E-state index in [4.69, 9.17) is 17.3 Å². The van der Waals surface area contributed by atoms with Crippen LogP contribution >= 0.6 is 11.6 Å². The zero-order valence-corrected chi connectivity index (χ0v) is 11.2. The summed E-state index contributed by atoms with van der Waals surface area (Å²) in [7, 11) is 0. The fourth-order valence-electron chi connectivity index (χ4n) is 2.25. The highest BCUT2D eigenvalue weighted by Crippen LogP contribution is 2.26. The molecule has 0 saturated carbocycles. The number of benzene rings is 1. The quantitative estimate of drug-likeness (QED) is 0.863. The van der Waals surface area contributed by atoms with E-state index < -0.39 is 6.04 Å². The van der Waals surface area contributed by atoms with Crippen LogP contribution in [0.3, 0.4) is 0 Å². The maximum absolute atomic E-state index is 11.7. The Balaban J connectivity index is 2.70. The number of alkyl halides is 1. The summed E-state index contributed by atoms with van der Waals surface area (Å²) in [6.07, 6.45) is 0. The summed E-state index contributed by atoms with van der Waals surface area (Å²) in [6, 6.07) is 7.23. The fourth-order valence-corrected chi connectivity index (χ4v) is 2.44. The van der Waals surface area contributed by atoms with Crippen LogP contribution in [-0.2, 0) is 10.7 Å². The van der Waals surface area contributed by atoms with Crippen molar-refractivity contribution in [1.82, 2.24) is 9.55 Å². The summed E-state index contributed by atoms with van der Waals surface area (Å²) in [4.78, 5) is 16.1. The smallest absolute Gasteiger partial charge is 0.240 e. The number of primary amides is 1. The predicted octanol–water partition coefficient (Wildman–Crippen LogP) is 2.46. The van der Waals surface area contributed by atoms with Crippen molar-refractivity contribution in [3.8, 4) is 0 Å². The number of hydrogen-bond donors (Lipinski definition) is 1. The molecule has 0 aliphatic carbocycles. The van der Waals surface area contributed by atoms with Crippen molar-refractivity contribution >= 4 is 28.5 Å². The molecule has 0 spiro atoms. The summed E-state index contributed by atoms with van der Waals surface area (Å²) in [6.45, 7) is 3.92. The summed E-state index contributed by atoms with van der Waals surface area (Å²) >= 11 is 5.92. The Bertz CT molecular complexity index is 577. The van der Waals surface area contributed by atoms with E-state index in [2.05, 4.69) is 4.98 Å². The number of nitrogens with two attached hydrogens (primary N) is 1. The molecule has 2 rings (SSSR count). The number of fused-ring (bicyclic) bond motifs is 1. The first-order valence-corrected chi connectivity index (χ1v) is 6.40. The molecule has 1 unspecified atom stereocenters. The van der Waals surface area contributed by atoms with Gasteiger partial charge in [0, 0.05) is 0 Å². The molecule has 2 N–H and O–H groups in total. The van der Waals surface area contributed by atoms with Crippen LogP contribution in [0, 0.1) is 5.92 Å². The van der Waals surface area contributed by atoms with Crippen LogP contribution in [0.25, 0.3) is 11.0 Å². The lowest BCUT2D eigenvalue weighted by Crippen LogP contribution is -2.31. The molecular weight excluding hydrogens is 250 g/mol. The van der Waals surface area contributed by atoms with Gasteiger partial charge in [0.15, 0.2) is 0 Å². The second-order valence-electron chi connectivity index (χ2n) is 4.61. The van der Waals surface area contributed by atoms with Gasteiger partial charge in [-0.25, -0.2) is 4.98 Å². The van der Waals surface area contributed by atoms with Gasteiger partial charge in [-0.15, -0.1) is 11.6 Å². The van der Waals surface area contributed by atoms with Gasteiger partial charge in [0.25, 0.3) is 0 Å². The number of hydrogen-bond acceptors (Lipinski definition) is 2. The van der Waals surface area contributed by atoms with Crippen LogP contribution in [0.5, 0.6) is 0 Å². The maximum atomic E-state index is 11.7. The van der Waals surface area contributed by atoms with Crippen molar-refractivity contribution in [1.29, 1.82) is 0 Å². The largest absolute Gasteiger partial charge is 0.368 e. The molecule has 1 amide bonds. The van der Waals surface area contributed by atoms with Crippen molar-refractivity contribution in [2.45, 2.75) is 25.8 Å². The van der Waals surface area contributed by atoms with Crippen LogP contribution in [0.1, 0.15) is 25.7 Å². The second-order valence-corrected chi connectivity index (χ2v) is 4.88. The van der Waals surface area contributed by atoms with Crippen LogP contribution in [-0.4, -0.2) is 15.5 Å². The molecule has 0 radical (unpaired) electrons. The maximum Gasteiger partial charge on any atom is 0.240 e. The van der Waals surface area contributed by atoms with E-state index in [9.17, 15) is 4.79 Å². The zero-order valence-electron chi connectivity index (χ0n) is 10.4. The lowest BCUT2D eigenvalue weighted by atomic mass is 10.0. The Morgan fingerprint density at radius 1 is 1.44 bits per heavy atom. The van der Waals surface area contributed by atoms with Gasteiger partial charge >= 0.3 is 0 Å². The topological polar surface area (TPSA) is 60.9 Å². The SMILES string of the molecule is CC(C)C(C(N)=O)n1c(CCl)nc2ccccc21. The molecule has 1 aromatic heterocycles. The van der Waals surface area contributed by atoms with Crippen molar-refractivity contribution in [2.75, 3.05) is 0 Å². The van der Waals surface area contributed by atoms with Crippen molar-refractivity contribution in [3.63, 3.8) is 0 Å². The molecule has 96 valence electrons. The van der Waals surface area contributed by atoms with Gasteiger partial charge in [-0.1, -0.05) is 26.0 Å². The highest BCUT2D eigenvalue weighted by molar-refractivity contribution is 6.16. The minimum atomic E-state index is -0.425. The lowest BCUT2D eigenvalue weighted by molar-refractivity contribution is -0.122. The molecule has 1 heterocycles. The Morgan fingerprint density at radius 3 is 2.67 bits per heavy atom. The first kappa shape index (κ1) is 12.9. The van der Waals surface area contributed by atoms with Crippen molar-refractivity contribution < 1.29 is 4.79 Å². The Labute approximate surface area is 111 Å². The third-order valence-electron chi connectivity index (χ3n) is 2.99. The van der Waals surface area contributed by atoms with E-state index >= 15 is 0 Å². The number of rotatable bonds is 4. The molecule has 1 atom stereocenters. The molecule has 0 aliphatic heterocycles. The van der Waals surface area contributed by atoms with Crippen LogP contribution in [0.4, 0.5) is 0 Å². The summed E-state index contributed by atoms with van der Waals surface area (Å²) in [5.41, 5.74) is 7.24. The number of para-hydroxylation sites is 2. The van der Waals surface area contributed by atoms with Gasteiger partial charge in [-0.3, -0.25) is 4.79 Å². The number of aromatic nitrogens is 2. The average molecular weight is 266 g/mol. The average Bonchev–Trinajstić information content (AvgIpc) is 2.67. The minimum absolute atomic E-state index is 0.0853. The Morgan fingerprint density at radius 2 is 2.11 bits per heavy atom. The third-order valence-corrected chi connectivity index (χ3v) is 3.23. The van der Waals surface area contributed by atoms with E-state index in [-0.39, 0.29) is 17.7 Å². The predicted molar refractivity (Wildman–Crippen MR) is 72.4 cm³/mol. The molecule has 0 bridgehead atoms. The van der Waals surface area contributed by atoms with E-state index in [1.165, 1.54) is 0 Å². The first-order valence-electron chi connectivity index (χ1n) is 5.87. The molecule has 0 aliphatic rings. The van der Waals surface area contributed by atoms with E-state index in [1.807, 2.05) is 42.7 Å². The highest BCUT2D eigenvalue weighted by atomic mass is 35.5. The molecule has 2 aromatic rings. The monoisotopic (exact) mass is 265 g/mol. The number of amides is 1. The Hall–Kier alpha value is -1.55. The standard InChI is InChI=1S/C13H16ClN3O/c1-8(2)12(13(15)18)17-10-6-4-3-5-9(10)16-11(17)7-14/h3-6,8,12H,7H2,1-2H3,(H2,15,18). The molecule has 0 saturated heterocycles. The molecule has 0 fully saturated rings. The number of halogens is 1. The minimum Gasteiger partial charge on any atom is -0.368 e. The number of carbonyl (C=O) groups excluding carboxylic acids is 1. The summed E-state index contributed by atoms with van der Waals surface area (Å²) in [5.74, 6) is 0.655. The van der Waals surface area contributed by atoms with E-state index in [0.29, 0.717) is 5.82 Å². The molecule has 1 aromatic carbocycles. The van der Waals surface area contributed by atoms with Gasteiger partial charge in [-0.2, -0.15) is 0 Å². The number of nitrogens with zero attached hydrogens (tertiary/aromatic N) is 2. The zero-order chi connectivity index (χ0) is 13.3. The fraction of sp³-hybridized carbons (Fsp3) is 0.385. The van der Waals surface area contributed by atoms with Gasteiger partial charge < -0.3 is 10.3 Å². The van der Waals surface area contributed by atoms with Gasteiger partial charge in [0.05, 0.1) is 16.9 Å². The summed E-state index contributed by atoms with van der Waals surface area (Å²) in [5, 5.41) is 0. The van der Waals surface area contributed by atoms with Crippen molar-refractivity contribution in [2.24, 2.45) is 11.7 Å². The van der Waals surface area contributed by atoms with Gasteiger partial charge in [-0.05, 0) is 18.1 Å². The molecule has 18 heavy (non-hydrogen) atoms. The molecule has 4 nitrogen and oxygen atoms in total. The van der Waals surface area contributed by atoms with Crippen molar-refractivity contribution in [3.05, 3.63) is 30.1 Å². The van der Waals surface area contributed by atoms with Gasteiger partial charge in [0.2, 0.25) is 5.91 Å². The number of imidazole rings is 1. The Kier molecular flexibility index (Phi) is 3.57. The normalized spacial score (nSPS) is 13.1. The third kappa shape index (κ3) is 2.08. The van der Waals surface area contributed by atoms with Gasteiger partial charge in [0.1, 0.15) is 11.9 Å². The van der Waals surface area contributed by atoms with Crippen LogP contribution in [0.15, 0.2) is 24.3 Å². The van der Waals surface area contributed by atoms with Crippen LogP contribution in [0.2, 0.25) is 0 Å². The first-order chi connectivity index (χ1) is 8.56. The van der Waals surface area contributed by atoms with Crippen LogP contribution < -0.4 is 5.73 Å². The van der Waals surface area contributed by atoms with E-state index in [0.717, 1.165) is 11.0 Å². The molecule has 5 heteroatoms. The second kappa shape index (κ2) is 4.98. The lowest BCUT2D eigenvalue weighted by Gasteiger charge is -2.21. The summed E-state index contributed by atoms with van der Waals surface area (Å²) < 4.78 is 1.86. The highest BCUT2D eigenvalue weighted by Gasteiger charge is 2.26. The van der Waals surface area contributed by atoms with E-state index in [1.54, 1.807) is 0 Å². The molecular formula is C13H16ClN3O. The number of carbonyl (C=O) groups is 1.